The second-order valence-corrected chi connectivity index (χ2v) is 7.24. The molecule has 1 aromatic heterocycles. The molecule has 2 N–H and O–H groups in total. The normalized spacial score (nSPS) is 19.1. The number of carbonyl (C=O) groups is 1. The first-order valence-corrected chi connectivity index (χ1v) is 8.46. The molecule has 2 rings (SSSR count). The third kappa shape index (κ3) is 4.12. The Balaban J connectivity index is 0.00000220. The van der Waals surface area contributed by atoms with E-state index in [-0.39, 0.29) is 23.3 Å². The molecule has 1 unspecified atom stereocenters. The van der Waals surface area contributed by atoms with Crippen molar-refractivity contribution in [3.63, 3.8) is 0 Å². The van der Waals surface area contributed by atoms with Crippen molar-refractivity contribution in [2.24, 2.45) is 0 Å². The number of hydrogen-bond acceptors (Lipinski definition) is 5. The number of alkyl halides is 2. The van der Waals surface area contributed by atoms with Crippen molar-refractivity contribution in [2.75, 3.05) is 13.1 Å². The van der Waals surface area contributed by atoms with E-state index < -0.39 is 26.4 Å². The smallest absolute Gasteiger partial charge is 0.341 e. The Morgan fingerprint density at radius 2 is 2.19 bits per heavy atom. The molecule has 0 spiro atoms. The number of piperidine rings is 1. The van der Waals surface area contributed by atoms with Crippen molar-refractivity contribution in [2.45, 2.75) is 29.5 Å². The maximum atomic E-state index is 12.6. The molecule has 2 heterocycles. The van der Waals surface area contributed by atoms with E-state index in [1.54, 1.807) is 0 Å². The van der Waals surface area contributed by atoms with E-state index in [4.69, 9.17) is 0 Å². The lowest BCUT2D eigenvalue weighted by Crippen LogP contribution is -2.45. The van der Waals surface area contributed by atoms with Crippen LogP contribution in [-0.2, 0) is 9.84 Å². The molecule has 1 fully saturated rings. The summed E-state index contributed by atoms with van der Waals surface area (Å²) < 4.78 is 48.1. The lowest BCUT2D eigenvalue weighted by atomic mass is 10.1. The van der Waals surface area contributed by atoms with E-state index in [2.05, 4.69) is 10.6 Å². The number of nitrogens with one attached hydrogen (secondary N) is 2. The Morgan fingerprint density at radius 3 is 2.76 bits per heavy atom. The van der Waals surface area contributed by atoms with Crippen LogP contribution in [0, 0.1) is 0 Å². The zero-order chi connectivity index (χ0) is 14.8. The molecule has 10 heteroatoms. The molecule has 120 valence electrons. The van der Waals surface area contributed by atoms with Gasteiger partial charge >= 0.3 is 5.76 Å². The summed E-state index contributed by atoms with van der Waals surface area (Å²) in [6, 6.07) is 0.931. The number of amides is 1. The van der Waals surface area contributed by atoms with Crippen molar-refractivity contribution in [3.05, 3.63) is 16.3 Å². The SMILES string of the molecule is Cl.O=C(NC1CCCNC1)c1sccc1S(=O)(=O)C(F)F. The minimum absolute atomic E-state index is 0. The van der Waals surface area contributed by atoms with E-state index in [9.17, 15) is 22.0 Å². The quantitative estimate of drug-likeness (QED) is 0.856. The van der Waals surface area contributed by atoms with Crippen LogP contribution in [0.4, 0.5) is 8.78 Å². The predicted octanol–water partition coefficient (Wildman–Crippen LogP) is 1.65. The first kappa shape index (κ1) is 18.3. The van der Waals surface area contributed by atoms with Crippen LogP contribution in [0.2, 0.25) is 0 Å². The first-order valence-electron chi connectivity index (χ1n) is 6.04. The molecule has 5 nitrogen and oxygen atoms in total. The molecule has 0 radical (unpaired) electrons. The zero-order valence-corrected chi connectivity index (χ0v) is 13.3. The Kier molecular flexibility index (Phi) is 6.51. The topological polar surface area (TPSA) is 75.3 Å². The summed E-state index contributed by atoms with van der Waals surface area (Å²) in [6.07, 6.45) is 1.68. The average molecular weight is 361 g/mol. The Labute approximate surface area is 131 Å². The van der Waals surface area contributed by atoms with E-state index in [0.29, 0.717) is 6.54 Å². The van der Waals surface area contributed by atoms with Gasteiger partial charge in [-0.1, -0.05) is 0 Å². The van der Waals surface area contributed by atoms with Gasteiger partial charge in [-0.2, -0.15) is 8.78 Å². The first-order chi connectivity index (χ1) is 9.43. The highest BCUT2D eigenvalue weighted by atomic mass is 35.5. The molecule has 0 bridgehead atoms. The molecule has 1 amide bonds. The van der Waals surface area contributed by atoms with E-state index in [0.717, 1.165) is 36.8 Å². The lowest BCUT2D eigenvalue weighted by Gasteiger charge is -2.23. The van der Waals surface area contributed by atoms with Crippen LogP contribution >= 0.6 is 23.7 Å². The number of sulfone groups is 1. The third-order valence-corrected chi connectivity index (χ3v) is 5.47. The molecule has 1 saturated heterocycles. The number of carbonyl (C=O) groups excluding carboxylic acids is 1. The van der Waals surface area contributed by atoms with Gasteiger partial charge in [-0.25, -0.2) is 8.42 Å². The van der Waals surface area contributed by atoms with Gasteiger partial charge in [0.15, 0.2) is 0 Å². The highest BCUT2D eigenvalue weighted by Crippen LogP contribution is 2.26. The van der Waals surface area contributed by atoms with Gasteiger partial charge in [-0.05, 0) is 30.8 Å². The Hall–Kier alpha value is -0.770. The summed E-state index contributed by atoms with van der Waals surface area (Å²) in [6.45, 7) is 1.46. The van der Waals surface area contributed by atoms with Crippen LogP contribution in [-0.4, -0.2) is 39.2 Å². The summed E-state index contributed by atoms with van der Waals surface area (Å²) in [5.74, 6) is -4.15. The highest BCUT2D eigenvalue weighted by Gasteiger charge is 2.32. The minimum Gasteiger partial charge on any atom is -0.347 e. The van der Waals surface area contributed by atoms with Crippen LogP contribution < -0.4 is 10.6 Å². The van der Waals surface area contributed by atoms with Crippen molar-refractivity contribution in [3.8, 4) is 0 Å². The summed E-state index contributed by atoms with van der Waals surface area (Å²) in [4.78, 5) is 11.2. The Morgan fingerprint density at radius 1 is 1.48 bits per heavy atom. The summed E-state index contributed by atoms with van der Waals surface area (Å²) >= 11 is 0.846. The number of hydrogen-bond donors (Lipinski definition) is 2. The van der Waals surface area contributed by atoms with Crippen LogP contribution in [0.5, 0.6) is 0 Å². The van der Waals surface area contributed by atoms with Crippen molar-refractivity contribution in [1.82, 2.24) is 10.6 Å². The molecule has 1 aliphatic rings. The van der Waals surface area contributed by atoms with E-state index >= 15 is 0 Å². The maximum absolute atomic E-state index is 12.6. The Bertz CT molecular complexity index is 586. The highest BCUT2D eigenvalue weighted by molar-refractivity contribution is 7.92. The minimum atomic E-state index is -4.75. The van der Waals surface area contributed by atoms with Crippen molar-refractivity contribution in [1.29, 1.82) is 0 Å². The van der Waals surface area contributed by atoms with Gasteiger partial charge in [0.25, 0.3) is 5.91 Å². The molecule has 21 heavy (non-hydrogen) atoms. The number of thiophene rings is 1. The van der Waals surface area contributed by atoms with Gasteiger partial charge < -0.3 is 10.6 Å². The molecule has 0 aromatic carbocycles. The van der Waals surface area contributed by atoms with Crippen LogP contribution in [0.25, 0.3) is 0 Å². The molecule has 1 aliphatic heterocycles. The molecular weight excluding hydrogens is 346 g/mol. The maximum Gasteiger partial charge on any atom is 0.341 e. The number of rotatable bonds is 4. The second-order valence-electron chi connectivity index (χ2n) is 4.44. The molecule has 1 atom stereocenters. The molecular formula is C11H15ClF2N2O3S2. The summed E-state index contributed by atoms with van der Waals surface area (Å²) in [5.41, 5.74) is 0. The molecule has 0 saturated carbocycles. The predicted molar refractivity (Wildman–Crippen MR) is 78.1 cm³/mol. The fraction of sp³-hybridized carbons (Fsp3) is 0.545. The van der Waals surface area contributed by atoms with Gasteiger partial charge in [0.2, 0.25) is 9.84 Å². The van der Waals surface area contributed by atoms with Gasteiger partial charge in [-0.15, -0.1) is 23.7 Å². The van der Waals surface area contributed by atoms with Gasteiger partial charge in [-0.3, -0.25) is 4.79 Å². The average Bonchev–Trinajstić information content (AvgIpc) is 2.89. The molecule has 0 aliphatic carbocycles. The van der Waals surface area contributed by atoms with Crippen LogP contribution in [0.3, 0.4) is 0 Å². The second kappa shape index (κ2) is 7.48. The van der Waals surface area contributed by atoms with E-state index in [1.165, 1.54) is 5.38 Å². The third-order valence-electron chi connectivity index (χ3n) is 3.01. The standard InChI is InChI=1S/C11H14F2N2O3S2.ClH/c12-11(13)20(17,18)8-3-5-19-9(8)10(16)15-7-2-1-4-14-6-7;/h3,5,7,11,14H,1-2,4,6H2,(H,15,16);1H. The van der Waals surface area contributed by atoms with Crippen LogP contribution in [0.15, 0.2) is 16.3 Å². The van der Waals surface area contributed by atoms with E-state index in [1.807, 2.05) is 0 Å². The summed E-state index contributed by atoms with van der Waals surface area (Å²) in [7, 11) is -4.75. The zero-order valence-electron chi connectivity index (χ0n) is 10.8. The fourth-order valence-corrected chi connectivity index (χ4v) is 4.08. The van der Waals surface area contributed by atoms with Crippen LogP contribution in [0.1, 0.15) is 22.5 Å². The fourth-order valence-electron chi connectivity index (χ4n) is 2.01. The largest absolute Gasteiger partial charge is 0.347 e. The van der Waals surface area contributed by atoms with Gasteiger partial charge in [0.1, 0.15) is 4.88 Å². The summed E-state index contributed by atoms with van der Waals surface area (Å²) in [5, 5.41) is 7.09. The lowest BCUT2D eigenvalue weighted by molar-refractivity contribution is 0.0931. The monoisotopic (exact) mass is 360 g/mol. The van der Waals surface area contributed by atoms with Gasteiger partial charge in [0, 0.05) is 12.6 Å². The molecule has 1 aromatic rings. The number of halogens is 3. The van der Waals surface area contributed by atoms with Crippen molar-refractivity contribution < 1.29 is 22.0 Å². The van der Waals surface area contributed by atoms with Crippen molar-refractivity contribution >= 4 is 39.5 Å². The van der Waals surface area contributed by atoms with Gasteiger partial charge in [0.05, 0.1) is 4.90 Å².